The molecule has 1 aromatic carbocycles. The monoisotopic (exact) mass is 278 g/mol. The molecule has 0 bridgehead atoms. The Morgan fingerprint density at radius 2 is 2.10 bits per heavy atom. The van der Waals surface area contributed by atoms with Gasteiger partial charge in [0.1, 0.15) is 0 Å². The quantitative estimate of drug-likeness (QED) is 0.872. The van der Waals surface area contributed by atoms with Gasteiger partial charge in [0, 0.05) is 6.54 Å². The summed E-state index contributed by atoms with van der Waals surface area (Å²) in [5, 5.41) is 11.9. The summed E-state index contributed by atoms with van der Waals surface area (Å²) < 4.78 is 5.11. The molecule has 0 saturated carbocycles. The van der Waals surface area contributed by atoms with Crippen LogP contribution in [0.4, 0.5) is 4.79 Å². The number of carboxylic acids is 1. The molecule has 0 aromatic heterocycles. The Labute approximate surface area is 117 Å². The Balaban J connectivity index is 2.01. The average molecular weight is 278 g/mol. The van der Waals surface area contributed by atoms with Crippen molar-refractivity contribution >= 4 is 12.0 Å². The Kier molecular flexibility index (Phi) is 4.57. The van der Waals surface area contributed by atoms with E-state index in [1.807, 2.05) is 37.3 Å². The van der Waals surface area contributed by atoms with Gasteiger partial charge in [-0.1, -0.05) is 30.3 Å². The summed E-state index contributed by atoms with van der Waals surface area (Å²) in [4.78, 5) is 24.6. The van der Waals surface area contributed by atoms with E-state index in [-0.39, 0.29) is 25.2 Å². The van der Waals surface area contributed by atoms with Crippen LogP contribution in [-0.2, 0) is 9.53 Å². The van der Waals surface area contributed by atoms with Crippen molar-refractivity contribution in [3.05, 3.63) is 35.9 Å². The summed E-state index contributed by atoms with van der Waals surface area (Å²) in [6.45, 7) is 2.53. The van der Waals surface area contributed by atoms with E-state index in [9.17, 15) is 9.59 Å². The highest BCUT2D eigenvalue weighted by molar-refractivity contribution is 5.83. The predicted octanol–water partition coefficient (Wildman–Crippen LogP) is 1.24. The van der Waals surface area contributed by atoms with E-state index >= 15 is 0 Å². The number of carboxylic acid groups (broad SMARTS) is 1. The van der Waals surface area contributed by atoms with Crippen molar-refractivity contribution in [3.63, 3.8) is 0 Å². The van der Waals surface area contributed by atoms with Crippen LogP contribution in [0, 0.1) is 0 Å². The third kappa shape index (κ3) is 3.27. The Morgan fingerprint density at radius 3 is 2.75 bits per heavy atom. The van der Waals surface area contributed by atoms with Gasteiger partial charge in [-0.05, 0) is 12.5 Å². The molecule has 2 rings (SSSR count). The fraction of sp³-hybridized carbons (Fsp3) is 0.429. The van der Waals surface area contributed by atoms with Gasteiger partial charge in [-0.2, -0.15) is 0 Å². The summed E-state index contributed by atoms with van der Waals surface area (Å²) in [7, 11) is 0. The number of hydrogen-bond donors (Lipinski definition) is 2. The fourth-order valence-corrected chi connectivity index (χ4v) is 2.14. The maximum Gasteiger partial charge on any atom is 0.328 e. The maximum absolute atomic E-state index is 12.2. The molecular formula is C14H18N2O4. The summed E-state index contributed by atoms with van der Waals surface area (Å²) in [6.07, 6.45) is 0. The van der Waals surface area contributed by atoms with E-state index in [1.54, 1.807) is 0 Å². The maximum atomic E-state index is 12.2. The first-order valence-corrected chi connectivity index (χ1v) is 6.52. The van der Waals surface area contributed by atoms with Gasteiger partial charge < -0.3 is 20.1 Å². The summed E-state index contributed by atoms with van der Waals surface area (Å²) in [5.74, 6) is -1.05. The number of carbonyl (C=O) groups excluding carboxylic acids is 1. The Bertz CT molecular complexity index is 477. The Morgan fingerprint density at radius 1 is 1.40 bits per heavy atom. The van der Waals surface area contributed by atoms with Crippen molar-refractivity contribution in [2.24, 2.45) is 0 Å². The predicted molar refractivity (Wildman–Crippen MR) is 72.3 cm³/mol. The minimum absolute atomic E-state index is 0.0302. The second-order valence-electron chi connectivity index (χ2n) is 4.70. The topological polar surface area (TPSA) is 78.9 Å². The molecule has 1 aromatic rings. The molecule has 0 spiro atoms. The molecule has 108 valence electrons. The van der Waals surface area contributed by atoms with Gasteiger partial charge in [0.2, 0.25) is 0 Å². The van der Waals surface area contributed by atoms with Gasteiger partial charge in [-0.15, -0.1) is 0 Å². The number of benzene rings is 1. The van der Waals surface area contributed by atoms with Gasteiger partial charge >= 0.3 is 12.0 Å². The van der Waals surface area contributed by atoms with Crippen LogP contribution in [0.25, 0.3) is 0 Å². The van der Waals surface area contributed by atoms with Crippen molar-refractivity contribution in [1.82, 2.24) is 10.2 Å². The molecule has 6 nitrogen and oxygen atoms in total. The van der Waals surface area contributed by atoms with Crippen LogP contribution >= 0.6 is 0 Å². The van der Waals surface area contributed by atoms with Gasteiger partial charge in [0.25, 0.3) is 0 Å². The van der Waals surface area contributed by atoms with Crippen LogP contribution in [-0.4, -0.2) is 47.8 Å². The first kappa shape index (κ1) is 14.3. The smallest absolute Gasteiger partial charge is 0.328 e. The van der Waals surface area contributed by atoms with Crippen molar-refractivity contribution in [3.8, 4) is 0 Å². The van der Waals surface area contributed by atoms with Crippen molar-refractivity contribution in [1.29, 1.82) is 0 Å². The number of nitrogens with one attached hydrogen (secondary N) is 1. The van der Waals surface area contributed by atoms with Crippen molar-refractivity contribution in [2.75, 3.05) is 19.8 Å². The zero-order chi connectivity index (χ0) is 14.5. The SMILES string of the molecule is CC(NC(=O)N1CCOCC1C(=O)O)c1ccccc1. The second kappa shape index (κ2) is 6.38. The number of nitrogens with zero attached hydrogens (tertiary/aromatic N) is 1. The number of hydrogen-bond acceptors (Lipinski definition) is 3. The lowest BCUT2D eigenvalue weighted by Gasteiger charge is -2.33. The number of ether oxygens (including phenoxy) is 1. The van der Waals surface area contributed by atoms with Gasteiger partial charge in [0.15, 0.2) is 6.04 Å². The molecule has 2 N–H and O–H groups in total. The van der Waals surface area contributed by atoms with E-state index in [1.165, 1.54) is 4.90 Å². The molecule has 6 heteroatoms. The van der Waals surface area contributed by atoms with Crippen LogP contribution in [0.5, 0.6) is 0 Å². The largest absolute Gasteiger partial charge is 0.480 e. The van der Waals surface area contributed by atoms with Gasteiger partial charge in [-0.25, -0.2) is 9.59 Å². The lowest BCUT2D eigenvalue weighted by atomic mass is 10.1. The number of amides is 2. The molecule has 1 aliphatic heterocycles. The lowest BCUT2D eigenvalue weighted by Crippen LogP contribution is -2.55. The summed E-state index contributed by atoms with van der Waals surface area (Å²) in [6, 6.07) is 8.04. The lowest BCUT2D eigenvalue weighted by molar-refractivity contribution is -0.147. The third-order valence-electron chi connectivity index (χ3n) is 3.31. The first-order valence-electron chi connectivity index (χ1n) is 6.52. The second-order valence-corrected chi connectivity index (χ2v) is 4.70. The van der Waals surface area contributed by atoms with E-state index in [2.05, 4.69) is 5.32 Å². The zero-order valence-electron chi connectivity index (χ0n) is 11.3. The van der Waals surface area contributed by atoms with E-state index in [0.29, 0.717) is 6.61 Å². The minimum Gasteiger partial charge on any atom is -0.480 e. The molecule has 0 aliphatic carbocycles. The molecule has 2 atom stereocenters. The van der Waals surface area contributed by atoms with E-state index in [0.717, 1.165) is 5.56 Å². The average Bonchev–Trinajstić information content (AvgIpc) is 2.48. The molecule has 2 unspecified atom stereocenters. The van der Waals surface area contributed by atoms with Gasteiger partial charge in [-0.3, -0.25) is 0 Å². The van der Waals surface area contributed by atoms with Crippen molar-refractivity contribution in [2.45, 2.75) is 19.0 Å². The number of urea groups is 1. The molecule has 1 fully saturated rings. The van der Waals surface area contributed by atoms with E-state index in [4.69, 9.17) is 9.84 Å². The van der Waals surface area contributed by atoms with Crippen molar-refractivity contribution < 1.29 is 19.4 Å². The molecule has 1 heterocycles. The van der Waals surface area contributed by atoms with Gasteiger partial charge in [0.05, 0.1) is 19.3 Å². The van der Waals surface area contributed by atoms with Crippen LogP contribution in [0.15, 0.2) is 30.3 Å². The highest BCUT2D eigenvalue weighted by Gasteiger charge is 2.33. The minimum atomic E-state index is -1.05. The summed E-state index contributed by atoms with van der Waals surface area (Å²) >= 11 is 0. The highest BCUT2D eigenvalue weighted by Crippen LogP contribution is 2.13. The van der Waals surface area contributed by atoms with Crippen LogP contribution in [0.1, 0.15) is 18.5 Å². The normalized spacial score (nSPS) is 20.2. The zero-order valence-corrected chi connectivity index (χ0v) is 11.3. The molecular weight excluding hydrogens is 260 g/mol. The number of morpholine rings is 1. The first-order chi connectivity index (χ1) is 9.59. The molecule has 20 heavy (non-hydrogen) atoms. The van der Waals surface area contributed by atoms with Crippen LogP contribution < -0.4 is 5.32 Å². The number of aliphatic carboxylic acids is 1. The number of carbonyl (C=O) groups is 2. The summed E-state index contributed by atoms with van der Waals surface area (Å²) in [5.41, 5.74) is 0.973. The number of rotatable bonds is 3. The van der Waals surface area contributed by atoms with E-state index < -0.39 is 12.0 Å². The standard InChI is InChI=1S/C14H18N2O4/c1-10(11-5-3-2-4-6-11)15-14(19)16-7-8-20-9-12(16)13(17)18/h2-6,10,12H,7-9H2,1H3,(H,15,19)(H,17,18). The highest BCUT2D eigenvalue weighted by atomic mass is 16.5. The fourth-order valence-electron chi connectivity index (χ4n) is 2.14. The third-order valence-corrected chi connectivity index (χ3v) is 3.31. The molecule has 0 radical (unpaired) electrons. The van der Waals surface area contributed by atoms with Crippen LogP contribution in [0.3, 0.4) is 0 Å². The molecule has 2 amide bonds. The van der Waals surface area contributed by atoms with Crippen LogP contribution in [0.2, 0.25) is 0 Å². The molecule has 1 aliphatic rings. The Hall–Kier alpha value is -2.08. The molecule has 1 saturated heterocycles.